The van der Waals surface area contributed by atoms with Crippen LogP contribution in [-0.2, 0) is 14.4 Å². The molecule has 3 unspecified atom stereocenters. The van der Waals surface area contributed by atoms with E-state index < -0.39 is 23.2 Å². The third kappa shape index (κ3) is 2.01. The lowest BCUT2D eigenvalue weighted by Gasteiger charge is -2.22. The molecule has 0 radical (unpaired) electrons. The number of amides is 3. The number of nitrogens with one attached hydrogen (secondary N) is 2. The lowest BCUT2D eigenvalue weighted by Crippen LogP contribution is -2.52. The van der Waals surface area contributed by atoms with E-state index in [2.05, 4.69) is 28.5 Å². The first-order valence-corrected chi connectivity index (χ1v) is 6.61. The maximum Gasteiger partial charge on any atom is 0.271 e. The van der Waals surface area contributed by atoms with Crippen LogP contribution in [0.2, 0.25) is 0 Å². The summed E-state index contributed by atoms with van der Waals surface area (Å²) in [4.78, 5) is 37.2. The van der Waals surface area contributed by atoms with Gasteiger partial charge in [0.15, 0.2) is 5.50 Å². The van der Waals surface area contributed by atoms with Crippen molar-refractivity contribution >= 4 is 36.1 Å². The second kappa shape index (κ2) is 4.78. The number of carbonyl (C=O) groups excluding carboxylic acids is 3. The van der Waals surface area contributed by atoms with E-state index in [1.54, 1.807) is 24.3 Å². The Balaban J connectivity index is 1.80. The van der Waals surface area contributed by atoms with Gasteiger partial charge in [0.1, 0.15) is 5.71 Å². The highest BCUT2D eigenvalue weighted by atomic mass is 32.1. The Morgan fingerprint density at radius 1 is 1.15 bits per heavy atom. The van der Waals surface area contributed by atoms with Crippen molar-refractivity contribution in [2.24, 2.45) is 16.9 Å². The molecule has 0 saturated carbocycles. The Morgan fingerprint density at radius 2 is 1.75 bits per heavy atom. The number of thiol groups is 1. The Kier molecular flexibility index (Phi) is 3.09. The Hall–Kier alpha value is -2.09. The molecule has 0 bridgehead atoms. The summed E-state index contributed by atoms with van der Waals surface area (Å²) in [5, 5.41) is 6.34. The zero-order chi connectivity index (χ0) is 14.3. The van der Waals surface area contributed by atoms with Crippen LogP contribution in [0, 0.1) is 11.8 Å². The molecular weight excluding hydrogens is 280 g/mol. The van der Waals surface area contributed by atoms with Gasteiger partial charge >= 0.3 is 0 Å². The maximum absolute atomic E-state index is 12.2. The molecule has 3 atom stereocenters. The van der Waals surface area contributed by atoms with E-state index in [4.69, 9.17) is 0 Å². The molecule has 2 N–H and O–H groups in total. The summed E-state index contributed by atoms with van der Waals surface area (Å²) in [6.07, 6.45) is 6.90. The van der Waals surface area contributed by atoms with Gasteiger partial charge in [-0.15, -0.1) is 12.6 Å². The summed E-state index contributed by atoms with van der Waals surface area (Å²) in [6.45, 7) is -0.133. The summed E-state index contributed by atoms with van der Waals surface area (Å²) in [5.74, 6) is -1.98. The van der Waals surface area contributed by atoms with E-state index in [0.29, 0.717) is 0 Å². The van der Waals surface area contributed by atoms with Crippen LogP contribution in [0.3, 0.4) is 0 Å². The van der Waals surface area contributed by atoms with Gasteiger partial charge in [0, 0.05) is 0 Å². The number of hydrazone groups is 1. The average molecular weight is 292 g/mol. The number of carbonyl (C=O) groups is 3. The molecule has 2 aliphatic heterocycles. The number of likely N-dealkylation sites (tertiary alicyclic amines) is 1. The van der Waals surface area contributed by atoms with Crippen molar-refractivity contribution in [1.82, 2.24) is 15.6 Å². The van der Waals surface area contributed by atoms with E-state index >= 15 is 0 Å². The molecule has 1 fully saturated rings. The molecule has 3 aliphatic rings. The maximum atomic E-state index is 12.2. The quantitative estimate of drug-likeness (QED) is 0.450. The van der Waals surface area contributed by atoms with Crippen LogP contribution in [0.4, 0.5) is 0 Å². The van der Waals surface area contributed by atoms with Crippen molar-refractivity contribution in [1.29, 1.82) is 0 Å². The number of fused-ring (bicyclic) bond motifs is 1. The fraction of sp³-hybridized carbons (Fsp3) is 0.333. The normalized spacial score (nSPS) is 31.9. The van der Waals surface area contributed by atoms with Crippen molar-refractivity contribution in [3.8, 4) is 0 Å². The molecule has 8 heteroatoms. The molecular formula is C12H12N4O3S. The fourth-order valence-corrected chi connectivity index (χ4v) is 2.56. The standard InChI is InChI=1S/C12H12N4O3S/c17-9-8(14-15-12(20)13-9)5-16-10(18)6-3-1-2-4-7(6)11(16)19/h1-4,6-7,12,15,20H,5H2,(H,13,17). The van der Waals surface area contributed by atoms with E-state index in [1.165, 1.54) is 0 Å². The molecule has 2 heterocycles. The van der Waals surface area contributed by atoms with E-state index in [-0.39, 0.29) is 24.1 Å². The smallest absolute Gasteiger partial charge is 0.271 e. The summed E-state index contributed by atoms with van der Waals surface area (Å²) in [6, 6.07) is 0. The lowest BCUT2D eigenvalue weighted by atomic mass is 9.91. The minimum Gasteiger partial charge on any atom is -0.321 e. The van der Waals surface area contributed by atoms with E-state index in [1.807, 2.05) is 0 Å². The molecule has 0 aromatic rings. The Bertz CT molecular complexity index is 553. The first-order chi connectivity index (χ1) is 9.58. The lowest BCUT2D eigenvalue weighted by molar-refractivity contribution is -0.138. The highest BCUT2D eigenvalue weighted by molar-refractivity contribution is 7.80. The van der Waals surface area contributed by atoms with Crippen molar-refractivity contribution in [2.75, 3.05) is 6.54 Å². The van der Waals surface area contributed by atoms with Gasteiger partial charge in [-0.2, -0.15) is 5.10 Å². The van der Waals surface area contributed by atoms with Gasteiger partial charge in [-0.25, -0.2) is 0 Å². The summed E-state index contributed by atoms with van der Waals surface area (Å²) < 4.78 is 0. The summed E-state index contributed by atoms with van der Waals surface area (Å²) in [5.41, 5.74) is 2.09. The summed E-state index contributed by atoms with van der Waals surface area (Å²) in [7, 11) is 0. The zero-order valence-corrected chi connectivity index (χ0v) is 11.2. The van der Waals surface area contributed by atoms with Crippen molar-refractivity contribution in [3.63, 3.8) is 0 Å². The molecule has 0 aromatic carbocycles. The molecule has 0 aromatic heterocycles. The van der Waals surface area contributed by atoms with Crippen molar-refractivity contribution in [2.45, 2.75) is 5.50 Å². The predicted octanol–water partition coefficient (Wildman–Crippen LogP) is -0.998. The van der Waals surface area contributed by atoms with Gasteiger partial charge in [0.25, 0.3) is 5.91 Å². The molecule has 7 nitrogen and oxygen atoms in total. The van der Waals surface area contributed by atoms with E-state index in [9.17, 15) is 14.4 Å². The van der Waals surface area contributed by atoms with Crippen LogP contribution in [0.1, 0.15) is 0 Å². The number of nitrogens with zero attached hydrogens (tertiary/aromatic N) is 2. The molecule has 3 rings (SSSR count). The van der Waals surface area contributed by atoms with Crippen LogP contribution in [-0.4, -0.2) is 40.4 Å². The number of allylic oxidation sites excluding steroid dienone is 2. The van der Waals surface area contributed by atoms with Gasteiger partial charge < -0.3 is 5.32 Å². The third-order valence-corrected chi connectivity index (χ3v) is 3.64. The van der Waals surface area contributed by atoms with Crippen molar-refractivity contribution in [3.05, 3.63) is 24.3 Å². The highest BCUT2D eigenvalue weighted by Gasteiger charge is 2.46. The molecule has 1 aliphatic carbocycles. The van der Waals surface area contributed by atoms with Crippen LogP contribution in [0.15, 0.2) is 29.4 Å². The fourth-order valence-electron chi connectivity index (χ4n) is 2.39. The predicted molar refractivity (Wildman–Crippen MR) is 73.5 cm³/mol. The highest BCUT2D eigenvalue weighted by Crippen LogP contribution is 2.30. The number of hydrogen-bond donors (Lipinski definition) is 3. The molecule has 1 saturated heterocycles. The summed E-state index contributed by atoms with van der Waals surface area (Å²) >= 11 is 4.00. The van der Waals surface area contributed by atoms with Gasteiger partial charge in [-0.3, -0.25) is 24.7 Å². The number of imide groups is 1. The third-order valence-electron chi connectivity index (χ3n) is 3.40. The minimum atomic E-state index is -0.565. The Labute approximate surface area is 120 Å². The van der Waals surface area contributed by atoms with Crippen LogP contribution in [0.5, 0.6) is 0 Å². The second-order valence-electron chi connectivity index (χ2n) is 4.65. The molecule has 20 heavy (non-hydrogen) atoms. The second-order valence-corrected chi connectivity index (χ2v) is 5.16. The largest absolute Gasteiger partial charge is 0.321 e. The van der Waals surface area contributed by atoms with Gasteiger partial charge in [-0.05, 0) is 0 Å². The van der Waals surface area contributed by atoms with Crippen LogP contribution >= 0.6 is 12.6 Å². The zero-order valence-electron chi connectivity index (χ0n) is 10.3. The average Bonchev–Trinajstić information content (AvgIpc) is 2.67. The van der Waals surface area contributed by atoms with Gasteiger partial charge in [0.05, 0.1) is 18.4 Å². The molecule has 104 valence electrons. The first-order valence-electron chi connectivity index (χ1n) is 6.09. The topological polar surface area (TPSA) is 90.9 Å². The Morgan fingerprint density at radius 3 is 2.30 bits per heavy atom. The van der Waals surface area contributed by atoms with Crippen LogP contribution in [0.25, 0.3) is 0 Å². The van der Waals surface area contributed by atoms with Gasteiger partial charge in [-0.1, -0.05) is 24.3 Å². The number of hydrogen-bond acceptors (Lipinski definition) is 6. The van der Waals surface area contributed by atoms with E-state index in [0.717, 1.165) is 4.90 Å². The first kappa shape index (κ1) is 12.9. The monoisotopic (exact) mass is 292 g/mol. The van der Waals surface area contributed by atoms with Crippen LogP contribution < -0.4 is 10.7 Å². The van der Waals surface area contributed by atoms with Crippen molar-refractivity contribution < 1.29 is 14.4 Å². The number of rotatable bonds is 2. The molecule has 0 spiro atoms. The SMILES string of the molecule is O=C1NC(S)NN=C1CN1C(=O)C2C=CC=CC2C1=O. The van der Waals surface area contributed by atoms with Gasteiger partial charge in [0.2, 0.25) is 11.8 Å². The minimum absolute atomic E-state index is 0.0867. The molecule has 3 amide bonds.